The number of anilines is 1. The largest absolute Gasteiger partial charge is 0.461 e. The second kappa shape index (κ2) is 8.31. The number of carbonyl (C=O) groups is 1. The van der Waals surface area contributed by atoms with Gasteiger partial charge in [0.25, 0.3) is 5.56 Å². The summed E-state index contributed by atoms with van der Waals surface area (Å²) in [5.41, 5.74) is 5.25. The van der Waals surface area contributed by atoms with Crippen LogP contribution < -0.4 is 11.0 Å². The minimum absolute atomic E-state index is 0.136. The Bertz CT molecular complexity index is 1040. The number of ether oxygens (including phenoxy) is 1. The van der Waals surface area contributed by atoms with Crippen LogP contribution in [0.1, 0.15) is 12.5 Å². The maximum Gasteiger partial charge on any atom is 0.354 e. The van der Waals surface area contributed by atoms with Crippen molar-refractivity contribution in [1.82, 2.24) is 4.57 Å². The van der Waals surface area contributed by atoms with E-state index in [9.17, 15) is 9.59 Å². The number of aromatic nitrogens is 1. The number of hydrogen-bond acceptors (Lipinski definition) is 5. The first-order valence-electron chi connectivity index (χ1n) is 8.72. The zero-order valence-corrected chi connectivity index (χ0v) is 15.3. The molecule has 0 saturated carbocycles. The lowest BCUT2D eigenvalue weighted by molar-refractivity contribution is -0.135. The molecule has 3 rings (SSSR count). The third-order valence-corrected chi connectivity index (χ3v) is 4.20. The first-order valence-corrected chi connectivity index (χ1v) is 8.72. The summed E-state index contributed by atoms with van der Waals surface area (Å²) in [5.74, 6) is -0.509. The molecule has 1 N–H and O–H groups in total. The molecule has 1 aromatic heterocycles. The predicted molar refractivity (Wildman–Crippen MR) is 107 cm³/mol. The summed E-state index contributed by atoms with van der Waals surface area (Å²) in [6.07, 6.45) is 0.190. The molecule has 0 amide bonds. The molecule has 6 heteroatoms. The van der Waals surface area contributed by atoms with Gasteiger partial charge in [0.05, 0.1) is 17.8 Å². The van der Waals surface area contributed by atoms with Crippen molar-refractivity contribution in [2.24, 2.45) is 12.1 Å². The van der Waals surface area contributed by atoms with Crippen LogP contribution in [0.2, 0.25) is 0 Å². The SMILES string of the molecule is CCOC(=O)/C(Cc1cc(=O)n(C)c2ccccc12)=N/Nc1ccccc1. The van der Waals surface area contributed by atoms with Crippen molar-refractivity contribution in [1.29, 1.82) is 0 Å². The first kappa shape index (κ1) is 18.4. The van der Waals surface area contributed by atoms with Gasteiger partial charge in [-0.15, -0.1) is 0 Å². The van der Waals surface area contributed by atoms with Crippen LogP contribution in [0.15, 0.2) is 70.6 Å². The summed E-state index contributed by atoms with van der Waals surface area (Å²) in [5, 5.41) is 5.15. The van der Waals surface area contributed by atoms with Gasteiger partial charge < -0.3 is 9.30 Å². The maximum atomic E-state index is 12.4. The average Bonchev–Trinajstić information content (AvgIpc) is 2.69. The third kappa shape index (κ3) is 4.23. The molecule has 138 valence electrons. The Morgan fingerprint density at radius 2 is 1.81 bits per heavy atom. The van der Waals surface area contributed by atoms with Crippen LogP contribution in [0, 0.1) is 0 Å². The molecule has 0 radical (unpaired) electrons. The molecule has 0 saturated heterocycles. The smallest absolute Gasteiger partial charge is 0.354 e. The fraction of sp³-hybridized carbons (Fsp3) is 0.190. The lowest BCUT2D eigenvalue weighted by atomic mass is 10.0. The maximum absolute atomic E-state index is 12.4. The molecule has 0 fully saturated rings. The summed E-state index contributed by atoms with van der Waals surface area (Å²) >= 11 is 0. The zero-order valence-electron chi connectivity index (χ0n) is 15.3. The monoisotopic (exact) mass is 363 g/mol. The molecule has 2 aromatic carbocycles. The standard InChI is InChI=1S/C21H21N3O3/c1-3-27-21(26)18(23-22-16-9-5-4-6-10-16)13-15-14-20(25)24(2)19-12-8-7-11-17(15)19/h4-12,14,22H,3,13H2,1-2H3/b23-18+. The second-order valence-corrected chi connectivity index (χ2v) is 6.02. The molecule has 0 aliphatic rings. The van der Waals surface area contributed by atoms with Crippen molar-refractivity contribution < 1.29 is 9.53 Å². The van der Waals surface area contributed by atoms with E-state index in [2.05, 4.69) is 10.5 Å². The molecule has 0 aliphatic heterocycles. The van der Waals surface area contributed by atoms with Gasteiger partial charge in [0, 0.05) is 24.9 Å². The van der Waals surface area contributed by atoms with E-state index >= 15 is 0 Å². The minimum Gasteiger partial charge on any atom is -0.461 e. The van der Waals surface area contributed by atoms with Gasteiger partial charge in [0.1, 0.15) is 5.71 Å². The van der Waals surface area contributed by atoms with Crippen LogP contribution in [-0.2, 0) is 23.0 Å². The van der Waals surface area contributed by atoms with Crippen LogP contribution in [0.5, 0.6) is 0 Å². The molecule has 0 aliphatic carbocycles. The Labute approximate surface area is 157 Å². The van der Waals surface area contributed by atoms with Crippen molar-refractivity contribution >= 4 is 28.3 Å². The Kier molecular flexibility index (Phi) is 5.66. The number of hydrogen-bond donors (Lipinski definition) is 1. The molecule has 3 aromatic rings. The number of rotatable bonds is 6. The van der Waals surface area contributed by atoms with E-state index in [4.69, 9.17) is 4.74 Å². The lowest BCUT2D eigenvalue weighted by Crippen LogP contribution is -2.24. The Morgan fingerprint density at radius 3 is 2.56 bits per heavy atom. The molecule has 27 heavy (non-hydrogen) atoms. The quantitative estimate of drug-likeness (QED) is 0.415. The van der Waals surface area contributed by atoms with E-state index in [1.54, 1.807) is 24.6 Å². The van der Waals surface area contributed by atoms with Gasteiger partial charge >= 0.3 is 5.97 Å². The predicted octanol–water partition coefficient (Wildman–Crippen LogP) is 3.11. The van der Waals surface area contributed by atoms with Crippen LogP contribution >= 0.6 is 0 Å². The highest BCUT2D eigenvalue weighted by Gasteiger charge is 2.17. The third-order valence-electron chi connectivity index (χ3n) is 4.20. The van der Waals surface area contributed by atoms with Crippen molar-refractivity contribution in [3.8, 4) is 0 Å². The van der Waals surface area contributed by atoms with E-state index in [0.29, 0.717) is 0 Å². The summed E-state index contributed by atoms with van der Waals surface area (Å²) in [6, 6.07) is 18.5. The average molecular weight is 363 g/mol. The van der Waals surface area contributed by atoms with E-state index in [-0.39, 0.29) is 24.3 Å². The van der Waals surface area contributed by atoms with E-state index in [0.717, 1.165) is 22.2 Å². The summed E-state index contributed by atoms with van der Waals surface area (Å²) < 4.78 is 6.72. The number of pyridine rings is 1. The second-order valence-electron chi connectivity index (χ2n) is 6.02. The zero-order chi connectivity index (χ0) is 19.2. The number of fused-ring (bicyclic) bond motifs is 1. The molecule has 0 bridgehead atoms. The number of aryl methyl sites for hydroxylation is 1. The molecule has 0 atom stereocenters. The number of benzene rings is 2. The van der Waals surface area contributed by atoms with Crippen LogP contribution in [0.4, 0.5) is 5.69 Å². The molecule has 0 unspecified atom stereocenters. The number of carbonyl (C=O) groups excluding carboxylic acids is 1. The van der Waals surface area contributed by atoms with Gasteiger partial charge in [-0.1, -0.05) is 36.4 Å². The summed E-state index contributed by atoms with van der Waals surface area (Å²) in [4.78, 5) is 24.7. The normalized spacial score (nSPS) is 11.4. The van der Waals surface area contributed by atoms with Gasteiger partial charge in [-0.25, -0.2) is 4.79 Å². The van der Waals surface area contributed by atoms with E-state index < -0.39 is 5.97 Å². The van der Waals surface area contributed by atoms with E-state index in [1.807, 2.05) is 54.6 Å². The minimum atomic E-state index is -0.509. The van der Waals surface area contributed by atoms with Crippen molar-refractivity contribution in [3.05, 3.63) is 76.6 Å². The highest BCUT2D eigenvalue weighted by Crippen LogP contribution is 2.17. The number of nitrogens with one attached hydrogen (secondary N) is 1. The molecular weight excluding hydrogens is 342 g/mol. The van der Waals surface area contributed by atoms with Gasteiger partial charge in [-0.3, -0.25) is 10.2 Å². The molecule has 0 spiro atoms. The molecule has 6 nitrogen and oxygen atoms in total. The number of nitrogens with zero attached hydrogens (tertiary/aromatic N) is 2. The highest BCUT2D eigenvalue weighted by molar-refractivity contribution is 6.37. The highest BCUT2D eigenvalue weighted by atomic mass is 16.5. The van der Waals surface area contributed by atoms with Gasteiger partial charge in [-0.2, -0.15) is 5.10 Å². The lowest BCUT2D eigenvalue weighted by Gasteiger charge is -2.11. The Morgan fingerprint density at radius 1 is 1.11 bits per heavy atom. The Hall–Kier alpha value is -3.41. The fourth-order valence-electron chi connectivity index (χ4n) is 2.82. The van der Waals surface area contributed by atoms with E-state index in [1.165, 1.54) is 0 Å². The van der Waals surface area contributed by atoms with Crippen molar-refractivity contribution in [2.45, 2.75) is 13.3 Å². The number of para-hydroxylation sites is 2. The Balaban J connectivity index is 1.99. The van der Waals surface area contributed by atoms with Gasteiger partial charge in [-0.05, 0) is 30.7 Å². The van der Waals surface area contributed by atoms with Gasteiger partial charge in [0.2, 0.25) is 0 Å². The van der Waals surface area contributed by atoms with Crippen molar-refractivity contribution in [2.75, 3.05) is 12.0 Å². The number of esters is 1. The molecular formula is C21H21N3O3. The first-order chi connectivity index (χ1) is 13.1. The fourth-order valence-corrected chi connectivity index (χ4v) is 2.82. The van der Waals surface area contributed by atoms with Crippen molar-refractivity contribution in [3.63, 3.8) is 0 Å². The van der Waals surface area contributed by atoms with Crippen LogP contribution in [0.25, 0.3) is 10.9 Å². The summed E-state index contributed by atoms with van der Waals surface area (Å²) in [6.45, 7) is 1.99. The molecule has 1 heterocycles. The van der Waals surface area contributed by atoms with Crippen LogP contribution in [0.3, 0.4) is 0 Å². The van der Waals surface area contributed by atoms with Crippen LogP contribution in [-0.4, -0.2) is 22.9 Å². The van der Waals surface area contributed by atoms with Gasteiger partial charge in [0.15, 0.2) is 0 Å². The number of hydrazone groups is 1. The summed E-state index contributed by atoms with van der Waals surface area (Å²) in [7, 11) is 1.73. The topological polar surface area (TPSA) is 72.7 Å².